The Morgan fingerprint density at radius 3 is 2.33 bits per heavy atom. The van der Waals surface area contributed by atoms with Gasteiger partial charge in [-0.3, -0.25) is 4.90 Å². The number of rotatable bonds is 8. The SMILES string of the molecule is CC(C)N(CCCCCO)Cc1ccc(N)cc1. The van der Waals surface area contributed by atoms with E-state index in [2.05, 4.69) is 30.9 Å². The van der Waals surface area contributed by atoms with Crippen molar-refractivity contribution < 1.29 is 5.11 Å². The number of nitrogens with zero attached hydrogens (tertiary/aromatic N) is 1. The molecule has 0 radical (unpaired) electrons. The van der Waals surface area contributed by atoms with Crippen molar-refractivity contribution >= 4 is 5.69 Å². The van der Waals surface area contributed by atoms with Crippen LogP contribution in [0, 0.1) is 0 Å². The van der Waals surface area contributed by atoms with Gasteiger partial charge in [0.2, 0.25) is 0 Å². The summed E-state index contributed by atoms with van der Waals surface area (Å²) < 4.78 is 0. The molecular weight excluding hydrogens is 224 g/mol. The second-order valence-electron chi connectivity index (χ2n) is 5.09. The molecule has 0 aromatic heterocycles. The van der Waals surface area contributed by atoms with E-state index in [1.807, 2.05) is 12.1 Å². The molecule has 0 unspecified atom stereocenters. The molecule has 0 aliphatic rings. The first-order valence-corrected chi connectivity index (χ1v) is 6.83. The average Bonchev–Trinajstić information content (AvgIpc) is 2.35. The monoisotopic (exact) mass is 250 g/mol. The Bertz CT molecular complexity index is 322. The minimum atomic E-state index is 0.305. The van der Waals surface area contributed by atoms with Crippen molar-refractivity contribution in [2.45, 2.75) is 45.7 Å². The summed E-state index contributed by atoms with van der Waals surface area (Å²) in [5.41, 5.74) is 7.82. The summed E-state index contributed by atoms with van der Waals surface area (Å²) >= 11 is 0. The van der Waals surface area contributed by atoms with Gasteiger partial charge in [-0.25, -0.2) is 0 Å². The van der Waals surface area contributed by atoms with E-state index >= 15 is 0 Å². The summed E-state index contributed by atoms with van der Waals surface area (Å²) in [6.07, 6.45) is 3.16. The third kappa shape index (κ3) is 5.52. The molecule has 0 saturated heterocycles. The van der Waals surface area contributed by atoms with Crippen molar-refractivity contribution in [3.63, 3.8) is 0 Å². The Morgan fingerprint density at radius 1 is 1.11 bits per heavy atom. The highest BCUT2D eigenvalue weighted by atomic mass is 16.2. The van der Waals surface area contributed by atoms with Crippen molar-refractivity contribution in [2.75, 3.05) is 18.9 Å². The Kier molecular flexibility index (Phi) is 6.76. The Hall–Kier alpha value is -1.06. The summed E-state index contributed by atoms with van der Waals surface area (Å²) in [4.78, 5) is 2.46. The highest BCUT2D eigenvalue weighted by Gasteiger charge is 2.09. The normalized spacial score (nSPS) is 11.4. The average molecular weight is 250 g/mol. The lowest BCUT2D eigenvalue weighted by molar-refractivity contribution is 0.204. The lowest BCUT2D eigenvalue weighted by atomic mass is 10.1. The van der Waals surface area contributed by atoms with E-state index in [0.29, 0.717) is 12.6 Å². The Balaban J connectivity index is 2.44. The molecule has 102 valence electrons. The van der Waals surface area contributed by atoms with Gasteiger partial charge in [-0.1, -0.05) is 12.1 Å². The second kappa shape index (κ2) is 8.11. The number of unbranched alkanes of at least 4 members (excludes halogenated alkanes) is 2. The smallest absolute Gasteiger partial charge is 0.0431 e. The van der Waals surface area contributed by atoms with Gasteiger partial charge in [-0.15, -0.1) is 0 Å². The molecule has 3 N–H and O–H groups in total. The van der Waals surface area contributed by atoms with Gasteiger partial charge >= 0.3 is 0 Å². The van der Waals surface area contributed by atoms with Crippen molar-refractivity contribution in [3.05, 3.63) is 29.8 Å². The molecule has 0 fully saturated rings. The lowest BCUT2D eigenvalue weighted by Gasteiger charge is -2.26. The van der Waals surface area contributed by atoms with Gasteiger partial charge in [0.1, 0.15) is 0 Å². The third-order valence-corrected chi connectivity index (χ3v) is 3.20. The van der Waals surface area contributed by atoms with Crippen molar-refractivity contribution in [2.24, 2.45) is 0 Å². The van der Waals surface area contributed by atoms with Crippen molar-refractivity contribution in [1.82, 2.24) is 4.90 Å². The van der Waals surface area contributed by atoms with Gasteiger partial charge in [0, 0.05) is 24.9 Å². The molecule has 3 heteroatoms. The number of benzene rings is 1. The first kappa shape index (κ1) is 15.0. The zero-order valence-electron chi connectivity index (χ0n) is 11.6. The number of nitrogen functional groups attached to an aromatic ring is 1. The van der Waals surface area contributed by atoms with Crippen LogP contribution in [0.25, 0.3) is 0 Å². The lowest BCUT2D eigenvalue weighted by Crippen LogP contribution is -2.31. The zero-order valence-corrected chi connectivity index (χ0v) is 11.6. The topological polar surface area (TPSA) is 49.5 Å². The molecule has 0 amide bonds. The molecule has 0 saturated carbocycles. The van der Waals surface area contributed by atoms with Crippen LogP contribution in [-0.2, 0) is 6.54 Å². The van der Waals surface area contributed by atoms with Crippen LogP contribution in [0.3, 0.4) is 0 Å². The van der Waals surface area contributed by atoms with E-state index in [4.69, 9.17) is 10.8 Å². The van der Waals surface area contributed by atoms with Crippen LogP contribution in [0.15, 0.2) is 24.3 Å². The first-order chi connectivity index (χ1) is 8.63. The molecule has 1 rings (SSSR count). The van der Waals surface area contributed by atoms with E-state index in [1.165, 1.54) is 5.56 Å². The number of anilines is 1. The standard InChI is InChI=1S/C15H26N2O/c1-13(2)17(10-4-3-5-11-18)12-14-6-8-15(16)9-7-14/h6-9,13,18H,3-5,10-12,16H2,1-2H3. The van der Waals surface area contributed by atoms with Gasteiger partial charge in [-0.2, -0.15) is 0 Å². The number of nitrogens with two attached hydrogens (primary N) is 1. The van der Waals surface area contributed by atoms with E-state index in [1.54, 1.807) is 0 Å². The largest absolute Gasteiger partial charge is 0.399 e. The molecule has 0 aliphatic heterocycles. The van der Waals surface area contributed by atoms with Crippen LogP contribution < -0.4 is 5.73 Å². The highest BCUT2D eigenvalue weighted by molar-refractivity contribution is 5.39. The van der Waals surface area contributed by atoms with E-state index < -0.39 is 0 Å². The molecule has 0 spiro atoms. The van der Waals surface area contributed by atoms with Crippen LogP contribution in [0.2, 0.25) is 0 Å². The minimum absolute atomic E-state index is 0.305. The van der Waals surface area contributed by atoms with Gasteiger partial charge < -0.3 is 10.8 Å². The summed E-state index contributed by atoms with van der Waals surface area (Å²) in [5, 5.41) is 8.78. The van der Waals surface area contributed by atoms with Crippen LogP contribution in [0.5, 0.6) is 0 Å². The fourth-order valence-corrected chi connectivity index (χ4v) is 1.98. The summed E-state index contributed by atoms with van der Waals surface area (Å²) in [7, 11) is 0. The molecule has 0 aliphatic carbocycles. The Morgan fingerprint density at radius 2 is 1.78 bits per heavy atom. The molecule has 1 aromatic carbocycles. The number of hydrogen-bond donors (Lipinski definition) is 2. The number of aliphatic hydroxyl groups is 1. The van der Waals surface area contributed by atoms with Crippen LogP contribution in [-0.4, -0.2) is 29.2 Å². The molecule has 0 heterocycles. The molecule has 0 atom stereocenters. The number of aliphatic hydroxyl groups excluding tert-OH is 1. The Labute approximate surface area is 111 Å². The van der Waals surface area contributed by atoms with Crippen LogP contribution in [0.1, 0.15) is 38.7 Å². The number of hydrogen-bond acceptors (Lipinski definition) is 3. The van der Waals surface area contributed by atoms with Gasteiger partial charge in [-0.05, 0) is 57.4 Å². The van der Waals surface area contributed by atoms with Crippen molar-refractivity contribution in [1.29, 1.82) is 0 Å². The molecule has 3 nitrogen and oxygen atoms in total. The zero-order chi connectivity index (χ0) is 13.4. The second-order valence-corrected chi connectivity index (χ2v) is 5.09. The third-order valence-electron chi connectivity index (χ3n) is 3.20. The maximum absolute atomic E-state index is 8.78. The summed E-state index contributed by atoms with van der Waals surface area (Å²) in [5.74, 6) is 0. The molecule has 18 heavy (non-hydrogen) atoms. The quantitative estimate of drug-likeness (QED) is 0.551. The summed E-state index contributed by atoms with van der Waals surface area (Å²) in [6, 6.07) is 8.65. The minimum Gasteiger partial charge on any atom is -0.399 e. The predicted molar refractivity (Wildman–Crippen MR) is 77.3 cm³/mol. The van der Waals surface area contributed by atoms with Gasteiger partial charge in [0.05, 0.1) is 0 Å². The highest BCUT2D eigenvalue weighted by Crippen LogP contribution is 2.12. The maximum atomic E-state index is 8.78. The van der Waals surface area contributed by atoms with Gasteiger partial charge in [0.25, 0.3) is 0 Å². The molecule has 0 bridgehead atoms. The van der Waals surface area contributed by atoms with Crippen LogP contribution >= 0.6 is 0 Å². The predicted octanol–water partition coefficient (Wildman–Crippen LogP) is 2.64. The first-order valence-electron chi connectivity index (χ1n) is 6.83. The van der Waals surface area contributed by atoms with Crippen molar-refractivity contribution in [3.8, 4) is 0 Å². The van der Waals surface area contributed by atoms with Crippen LogP contribution in [0.4, 0.5) is 5.69 Å². The molecular formula is C15H26N2O. The summed E-state index contributed by atoms with van der Waals surface area (Å²) in [6.45, 7) is 6.81. The maximum Gasteiger partial charge on any atom is 0.0431 e. The van der Waals surface area contributed by atoms with E-state index in [9.17, 15) is 0 Å². The van der Waals surface area contributed by atoms with E-state index in [0.717, 1.165) is 38.0 Å². The van der Waals surface area contributed by atoms with Gasteiger partial charge in [0.15, 0.2) is 0 Å². The fourth-order valence-electron chi connectivity index (χ4n) is 1.98. The molecule has 1 aromatic rings. The fraction of sp³-hybridized carbons (Fsp3) is 0.600. The van der Waals surface area contributed by atoms with E-state index in [-0.39, 0.29) is 0 Å².